The number of benzene rings is 2. The molecule has 0 fully saturated rings. The van der Waals surface area contributed by atoms with Gasteiger partial charge in [0.1, 0.15) is 35.6 Å². The Morgan fingerprint density at radius 1 is 0.973 bits per heavy atom. The average molecular weight is 507 g/mol. The first-order chi connectivity index (χ1) is 17.9. The number of fused-ring (bicyclic) bond motifs is 1. The first kappa shape index (κ1) is 23.6. The van der Waals surface area contributed by atoms with Crippen molar-refractivity contribution in [1.29, 1.82) is 0 Å². The number of halogens is 3. The molecule has 0 atom stereocenters. The number of nitrogens with zero attached hydrogens (tertiary/aromatic N) is 2. The molecule has 0 radical (unpaired) electrons. The number of carbonyl (C=O) groups is 2. The van der Waals surface area contributed by atoms with Gasteiger partial charge in [0.25, 0.3) is 5.91 Å². The lowest BCUT2D eigenvalue weighted by atomic mass is 10.2. The molecular weight excluding hydrogens is 491 g/mol. The summed E-state index contributed by atoms with van der Waals surface area (Å²) in [7, 11) is 0. The summed E-state index contributed by atoms with van der Waals surface area (Å²) in [6.45, 7) is -0.0854. The molecule has 1 aliphatic rings. The smallest absolute Gasteiger partial charge is 0.413 e. The van der Waals surface area contributed by atoms with E-state index in [2.05, 4.69) is 25.9 Å². The summed E-state index contributed by atoms with van der Waals surface area (Å²) in [5, 5.41) is 7.65. The van der Waals surface area contributed by atoms with Crippen LogP contribution in [-0.2, 0) is 11.3 Å². The minimum atomic E-state index is -0.936. The van der Waals surface area contributed by atoms with Gasteiger partial charge in [-0.1, -0.05) is 0 Å². The number of carbonyl (C=O) groups excluding carboxylic acids is 2. The normalized spacial score (nSPS) is 12.1. The zero-order chi connectivity index (χ0) is 25.9. The number of pyridine rings is 2. The molecule has 5 rings (SSSR count). The number of rotatable bonds is 6. The fraction of sp³-hybridized carbons (Fsp3) is 0.0400. The van der Waals surface area contributed by atoms with E-state index >= 15 is 0 Å². The SMILES string of the molecule is O=C1Nc2nccc(Oc3ccc(Nc4ncccc4C(=O)Nc4ccc(F)cc4F)cc3F)c2CO1. The highest BCUT2D eigenvalue weighted by Gasteiger charge is 2.22. The Hall–Kier alpha value is -5.13. The van der Waals surface area contributed by atoms with Crippen molar-refractivity contribution in [1.82, 2.24) is 9.97 Å². The summed E-state index contributed by atoms with van der Waals surface area (Å²) in [5.41, 5.74) is 0.526. The van der Waals surface area contributed by atoms with E-state index < -0.39 is 29.5 Å². The van der Waals surface area contributed by atoms with Crippen molar-refractivity contribution in [2.45, 2.75) is 6.61 Å². The van der Waals surface area contributed by atoms with Crippen molar-refractivity contribution in [2.75, 3.05) is 16.0 Å². The van der Waals surface area contributed by atoms with E-state index in [-0.39, 0.29) is 46.7 Å². The number of amides is 2. The van der Waals surface area contributed by atoms with Crippen LogP contribution < -0.4 is 20.7 Å². The second-order valence-electron chi connectivity index (χ2n) is 7.69. The predicted octanol–water partition coefficient (Wildman–Crippen LogP) is 5.74. The summed E-state index contributed by atoms with van der Waals surface area (Å²) in [6.07, 6.45) is 2.17. The van der Waals surface area contributed by atoms with E-state index in [9.17, 15) is 22.8 Å². The van der Waals surface area contributed by atoms with Crippen molar-refractivity contribution in [3.8, 4) is 11.5 Å². The van der Waals surface area contributed by atoms with Gasteiger partial charge in [-0.05, 0) is 42.5 Å². The number of ether oxygens (including phenoxy) is 2. The van der Waals surface area contributed by atoms with Gasteiger partial charge in [0.2, 0.25) is 0 Å². The molecule has 186 valence electrons. The Labute approximate surface area is 207 Å². The van der Waals surface area contributed by atoms with Gasteiger partial charge < -0.3 is 20.1 Å². The molecule has 0 saturated heterocycles. The summed E-state index contributed by atoms with van der Waals surface area (Å²) >= 11 is 0. The van der Waals surface area contributed by atoms with Crippen LogP contribution in [0.1, 0.15) is 15.9 Å². The molecule has 1 aliphatic heterocycles. The standard InChI is InChI=1S/C25H16F3N5O4/c26-13-3-5-19(17(27)10-13)32-24(34)15-2-1-8-29-22(15)31-14-4-6-21(18(28)11-14)37-20-7-9-30-23-16(20)12-36-25(35)33-23/h1-11H,12H2,(H,29,31)(H,32,34)(H,30,33,35). The molecule has 2 amide bonds. The Morgan fingerprint density at radius 2 is 1.84 bits per heavy atom. The summed E-state index contributed by atoms with van der Waals surface area (Å²) in [6, 6.07) is 11.2. The number of cyclic esters (lactones) is 1. The molecule has 0 unspecified atom stereocenters. The van der Waals surface area contributed by atoms with Crippen molar-refractivity contribution in [3.05, 3.63) is 95.6 Å². The van der Waals surface area contributed by atoms with Gasteiger partial charge in [0.15, 0.2) is 11.6 Å². The highest BCUT2D eigenvalue weighted by molar-refractivity contribution is 6.07. The first-order valence-corrected chi connectivity index (χ1v) is 10.7. The van der Waals surface area contributed by atoms with Gasteiger partial charge in [0.05, 0.1) is 16.8 Å². The molecule has 9 nitrogen and oxygen atoms in total. The number of anilines is 4. The van der Waals surface area contributed by atoms with Gasteiger partial charge in [-0.15, -0.1) is 0 Å². The second-order valence-corrected chi connectivity index (χ2v) is 7.69. The van der Waals surface area contributed by atoms with Crippen LogP contribution in [0.3, 0.4) is 0 Å². The monoisotopic (exact) mass is 507 g/mol. The lowest BCUT2D eigenvalue weighted by molar-refractivity contribution is 0.102. The van der Waals surface area contributed by atoms with Gasteiger partial charge in [-0.25, -0.2) is 27.9 Å². The molecule has 12 heteroatoms. The van der Waals surface area contributed by atoms with Gasteiger partial charge >= 0.3 is 6.09 Å². The van der Waals surface area contributed by atoms with Crippen molar-refractivity contribution in [3.63, 3.8) is 0 Å². The molecule has 3 N–H and O–H groups in total. The highest BCUT2D eigenvalue weighted by atomic mass is 19.1. The molecule has 37 heavy (non-hydrogen) atoms. The molecule has 4 aromatic rings. The van der Waals surface area contributed by atoms with Crippen LogP contribution in [-0.4, -0.2) is 22.0 Å². The Bertz CT molecular complexity index is 1530. The van der Waals surface area contributed by atoms with Gasteiger partial charge in [-0.3, -0.25) is 10.1 Å². The zero-order valence-electron chi connectivity index (χ0n) is 18.7. The summed E-state index contributed by atoms with van der Waals surface area (Å²) < 4.78 is 52.6. The average Bonchev–Trinajstić information content (AvgIpc) is 2.87. The third-order valence-electron chi connectivity index (χ3n) is 5.23. The maximum Gasteiger partial charge on any atom is 0.413 e. The fourth-order valence-electron chi connectivity index (χ4n) is 3.47. The van der Waals surface area contributed by atoms with Crippen LogP contribution in [0.5, 0.6) is 11.5 Å². The van der Waals surface area contributed by atoms with Crippen LogP contribution in [0.15, 0.2) is 67.0 Å². The minimum absolute atomic E-state index is 0.0393. The van der Waals surface area contributed by atoms with E-state index in [0.717, 1.165) is 18.2 Å². The highest BCUT2D eigenvalue weighted by Crippen LogP contribution is 2.34. The number of aromatic nitrogens is 2. The Kier molecular flexibility index (Phi) is 6.29. The van der Waals surface area contributed by atoms with Crippen LogP contribution in [0, 0.1) is 17.5 Å². The summed E-state index contributed by atoms with van der Waals surface area (Å²) in [4.78, 5) is 32.3. The van der Waals surface area contributed by atoms with E-state index in [0.29, 0.717) is 11.6 Å². The van der Waals surface area contributed by atoms with Crippen LogP contribution in [0.25, 0.3) is 0 Å². The molecule has 2 aromatic heterocycles. The van der Waals surface area contributed by atoms with E-state index in [1.807, 2.05) is 0 Å². The number of hydrogen-bond donors (Lipinski definition) is 3. The lowest BCUT2D eigenvalue weighted by Gasteiger charge is -2.19. The zero-order valence-corrected chi connectivity index (χ0v) is 18.7. The van der Waals surface area contributed by atoms with Crippen molar-refractivity contribution in [2.24, 2.45) is 0 Å². The number of hydrogen-bond acceptors (Lipinski definition) is 7. The van der Waals surface area contributed by atoms with E-state index in [1.54, 1.807) is 0 Å². The molecule has 0 bridgehead atoms. The maximum atomic E-state index is 14.9. The van der Waals surface area contributed by atoms with Crippen LogP contribution in [0.2, 0.25) is 0 Å². The molecule has 3 heterocycles. The predicted molar refractivity (Wildman–Crippen MR) is 126 cm³/mol. The largest absolute Gasteiger partial charge is 0.454 e. The fourth-order valence-corrected chi connectivity index (χ4v) is 3.47. The van der Waals surface area contributed by atoms with E-state index in [4.69, 9.17) is 9.47 Å². The first-order valence-electron chi connectivity index (χ1n) is 10.7. The third kappa shape index (κ3) is 5.12. The Balaban J connectivity index is 1.34. The van der Waals surface area contributed by atoms with Crippen molar-refractivity contribution >= 4 is 35.0 Å². The molecule has 0 aliphatic carbocycles. The Morgan fingerprint density at radius 3 is 2.65 bits per heavy atom. The minimum Gasteiger partial charge on any atom is -0.454 e. The van der Waals surface area contributed by atoms with Crippen LogP contribution >= 0.6 is 0 Å². The van der Waals surface area contributed by atoms with Crippen molar-refractivity contribution < 1.29 is 32.2 Å². The second kappa shape index (κ2) is 9.85. The third-order valence-corrected chi connectivity index (χ3v) is 5.23. The molecular formula is C25H16F3N5O4. The number of nitrogens with one attached hydrogen (secondary N) is 3. The molecule has 2 aromatic carbocycles. The summed E-state index contributed by atoms with van der Waals surface area (Å²) in [5.74, 6) is -2.68. The van der Waals surface area contributed by atoms with Gasteiger partial charge in [0, 0.05) is 30.2 Å². The van der Waals surface area contributed by atoms with E-state index in [1.165, 1.54) is 42.7 Å². The molecule has 0 spiro atoms. The quantitative estimate of drug-likeness (QED) is 0.305. The van der Waals surface area contributed by atoms with Gasteiger partial charge in [-0.2, -0.15) is 0 Å². The maximum absolute atomic E-state index is 14.9. The topological polar surface area (TPSA) is 114 Å². The lowest BCUT2D eigenvalue weighted by Crippen LogP contribution is -2.21. The van der Waals surface area contributed by atoms with Crippen LogP contribution in [0.4, 0.5) is 41.0 Å². The molecule has 0 saturated carbocycles.